The number of hydrogen-bond donors (Lipinski definition) is 0. The van der Waals surface area contributed by atoms with Crippen molar-refractivity contribution in [2.75, 3.05) is 32.2 Å². The van der Waals surface area contributed by atoms with Crippen LogP contribution < -0.4 is 0 Å². The molecule has 1 aliphatic rings. The molecule has 1 unspecified atom stereocenters. The number of morpholine rings is 1. The molecule has 1 rings (SSSR count). The molecule has 0 radical (unpaired) electrons. The Hall–Kier alpha value is 0.270. The first-order chi connectivity index (χ1) is 6.20. The number of thioether (sulfide) groups is 1. The van der Waals surface area contributed by atoms with E-state index in [0.29, 0.717) is 0 Å². The van der Waals surface area contributed by atoms with Crippen LogP contribution in [0.4, 0.5) is 0 Å². The number of ether oxygens (including phenoxy) is 1. The molecule has 0 N–H and O–H groups in total. The van der Waals surface area contributed by atoms with Crippen LogP contribution in [0.3, 0.4) is 0 Å². The van der Waals surface area contributed by atoms with E-state index in [-0.39, 0.29) is 0 Å². The minimum atomic E-state index is 0.767. The zero-order chi connectivity index (χ0) is 9.68. The van der Waals surface area contributed by atoms with Gasteiger partial charge in [-0.25, -0.2) is 0 Å². The fourth-order valence-corrected chi connectivity index (χ4v) is 2.23. The van der Waals surface area contributed by atoms with Gasteiger partial charge in [0.1, 0.15) is 0 Å². The lowest BCUT2D eigenvalue weighted by Crippen LogP contribution is -2.36. The van der Waals surface area contributed by atoms with Gasteiger partial charge in [0.2, 0.25) is 0 Å². The second-order valence-corrected chi connectivity index (χ2v) is 5.31. The van der Waals surface area contributed by atoms with Crippen LogP contribution in [0, 0.1) is 5.92 Å². The van der Waals surface area contributed by atoms with Crippen LogP contribution in [0.25, 0.3) is 0 Å². The van der Waals surface area contributed by atoms with Crippen molar-refractivity contribution in [3.63, 3.8) is 0 Å². The molecular formula is C10H21NOS. The molecule has 2 nitrogen and oxygen atoms in total. The Kier molecular flexibility index (Phi) is 5.14. The van der Waals surface area contributed by atoms with Crippen molar-refractivity contribution < 1.29 is 4.74 Å². The average Bonchev–Trinajstić information content (AvgIpc) is 2.15. The molecular weight excluding hydrogens is 182 g/mol. The summed E-state index contributed by atoms with van der Waals surface area (Å²) in [4.78, 5) is 2.48. The highest BCUT2D eigenvalue weighted by Crippen LogP contribution is 2.19. The van der Waals surface area contributed by atoms with Crippen LogP contribution >= 0.6 is 11.8 Å². The molecule has 0 amide bonds. The van der Waals surface area contributed by atoms with Crippen LogP contribution in [-0.4, -0.2) is 42.3 Å². The molecule has 0 aromatic carbocycles. The summed E-state index contributed by atoms with van der Waals surface area (Å²) in [6, 6.07) is 0. The standard InChI is InChI=1S/C10H21NOS/c1-9(2)10(3)13-8-11-4-6-12-7-5-11/h9-10H,4-8H2,1-3H3. The first-order valence-corrected chi connectivity index (χ1v) is 6.16. The molecule has 0 saturated carbocycles. The van der Waals surface area contributed by atoms with Crippen molar-refractivity contribution in [3.8, 4) is 0 Å². The summed E-state index contributed by atoms with van der Waals surface area (Å²) in [6.45, 7) is 10.9. The second kappa shape index (κ2) is 5.89. The second-order valence-electron chi connectivity index (χ2n) is 3.98. The first kappa shape index (κ1) is 11.3. The van der Waals surface area contributed by atoms with Crippen LogP contribution in [0.1, 0.15) is 20.8 Å². The number of nitrogens with zero attached hydrogens (tertiary/aromatic N) is 1. The third-order valence-electron chi connectivity index (χ3n) is 2.56. The fraction of sp³-hybridized carbons (Fsp3) is 1.00. The van der Waals surface area contributed by atoms with E-state index in [4.69, 9.17) is 4.74 Å². The largest absolute Gasteiger partial charge is 0.379 e. The molecule has 1 atom stereocenters. The Balaban J connectivity index is 2.10. The summed E-state index contributed by atoms with van der Waals surface area (Å²) in [7, 11) is 0. The van der Waals surface area contributed by atoms with Gasteiger partial charge in [-0.2, -0.15) is 0 Å². The maximum absolute atomic E-state index is 5.30. The molecule has 3 heteroatoms. The minimum Gasteiger partial charge on any atom is -0.379 e. The highest BCUT2D eigenvalue weighted by Gasteiger charge is 2.13. The van der Waals surface area contributed by atoms with Gasteiger partial charge in [-0.05, 0) is 5.92 Å². The zero-order valence-electron chi connectivity index (χ0n) is 8.95. The van der Waals surface area contributed by atoms with Crippen LogP contribution in [0.15, 0.2) is 0 Å². The summed E-state index contributed by atoms with van der Waals surface area (Å²) < 4.78 is 5.30. The smallest absolute Gasteiger partial charge is 0.0594 e. The Morgan fingerprint density at radius 3 is 2.38 bits per heavy atom. The quantitative estimate of drug-likeness (QED) is 0.694. The van der Waals surface area contributed by atoms with E-state index >= 15 is 0 Å². The molecule has 1 aliphatic heterocycles. The van der Waals surface area contributed by atoms with Crippen LogP contribution in [-0.2, 0) is 4.74 Å². The highest BCUT2D eigenvalue weighted by molar-refractivity contribution is 7.99. The topological polar surface area (TPSA) is 12.5 Å². The Morgan fingerprint density at radius 1 is 1.23 bits per heavy atom. The van der Waals surface area contributed by atoms with E-state index < -0.39 is 0 Å². The van der Waals surface area contributed by atoms with Gasteiger partial charge >= 0.3 is 0 Å². The molecule has 1 heterocycles. The van der Waals surface area contributed by atoms with Crippen molar-refractivity contribution in [2.24, 2.45) is 5.92 Å². The zero-order valence-corrected chi connectivity index (χ0v) is 9.77. The molecule has 1 saturated heterocycles. The van der Waals surface area contributed by atoms with E-state index in [9.17, 15) is 0 Å². The van der Waals surface area contributed by atoms with Gasteiger partial charge in [-0.3, -0.25) is 4.90 Å². The highest BCUT2D eigenvalue weighted by atomic mass is 32.2. The number of hydrogen-bond acceptors (Lipinski definition) is 3. The van der Waals surface area contributed by atoms with Gasteiger partial charge in [0.25, 0.3) is 0 Å². The summed E-state index contributed by atoms with van der Waals surface area (Å²) >= 11 is 2.06. The molecule has 0 aliphatic carbocycles. The molecule has 0 spiro atoms. The van der Waals surface area contributed by atoms with Gasteiger partial charge in [0, 0.05) is 24.2 Å². The molecule has 0 bridgehead atoms. The van der Waals surface area contributed by atoms with Gasteiger partial charge in [0.05, 0.1) is 13.2 Å². The minimum absolute atomic E-state index is 0.767. The van der Waals surface area contributed by atoms with Crippen LogP contribution in [0.5, 0.6) is 0 Å². The third-order valence-corrected chi connectivity index (χ3v) is 4.15. The predicted molar refractivity (Wildman–Crippen MR) is 59.2 cm³/mol. The monoisotopic (exact) mass is 203 g/mol. The molecule has 1 fully saturated rings. The van der Waals surface area contributed by atoms with E-state index in [1.165, 1.54) is 5.88 Å². The SMILES string of the molecule is CC(C)C(C)SCN1CCOCC1. The van der Waals surface area contributed by atoms with Crippen molar-refractivity contribution in [1.29, 1.82) is 0 Å². The van der Waals surface area contributed by atoms with Gasteiger partial charge in [-0.1, -0.05) is 20.8 Å². The lowest BCUT2D eigenvalue weighted by molar-refractivity contribution is 0.0473. The van der Waals surface area contributed by atoms with Crippen molar-refractivity contribution in [3.05, 3.63) is 0 Å². The Morgan fingerprint density at radius 2 is 1.85 bits per heavy atom. The summed E-state index contributed by atoms with van der Waals surface area (Å²) in [5.41, 5.74) is 0. The maximum Gasteiger partial charge on any atom is 0.0594 e. The average molecular weight is 203 g/mol. The first-order valence-electron chi connectivity index (χ1n) is 5.12. The summed E-state index contributed by atoms with van der Waals surface area (Å²) in [5.74, 6) is 1.95. The lowest BCUT2D eigenvalue weighted by Gasteiger charge is -2.27. The number of rotatable bonds is 4. The van der Waals surface area contributed by atoms with Crippen molar-refractivity contribution in [2.45, 2.75) is 26.0 Å². The van der Waals surface area contributed by atoms with Gasteiger partial charge in [0.15, 0.2) is 0 Å². The van der Waals surface area contributed by atoms with E-state index in [2.05, 4.69) is 37.4 Å². The maximum atomic E-state index is 5.30. The fourth-order valence-electron chi connectivity index (χ4n) is 1.15. The van der Waals surface area contributed by atoms with Crippen LogP contribution in [0.2, 0.25) is 0 Å². The van der Waals surface area contributed by atoms with E-state index in [0.717, 1.165) is 37.5 Å². The molecule has 13 heavy (non-hydrogen) atoms. The van der Waals surface area contributed by atoms with Gasteiger partial charge < -0.3 is 4.74 Å². The lowest BCUT2D eigenvalue weighted by atomic mass is 10.2. The molecule has 78 valence electrons. The molecule has 0 aromatic heterocycles. The Bertz CT molecular complexity index is 135. The molecule has 0 aromatic rings. The van der Waals surface area contributed by atoms with Crippen molar-refractivity contribution in [1.82, 2.24) is 4.90 Å². The van der Waals surface area contributed by atoms with Crippen molar-refractivity contribution >= 4 is 11.8 Å². The van der Waals surface area contributed by atoms with Gasteiger partial charge in [-0.15, -0.1) is 11.8 Å². The summed E-state index contributed by atoms with van der Waals surface area (Å²) in [6.07, 6.45) is 0. The normalized spacial score (nSPS) is 22.2. The predicted octanol–water partition coefficient (Wildman–Crippen LogP) is 2.05. The Labute approximate surface area is 86.0 Å². The van der Waals surface area contributed by atoms with E-state index in [1.54, 1.807) is 0 Å². The van der Waals surface area contributed by atoms with E-state index in [1.807, 2.05) is 0 Å². The summed E-state index contributed by atoms with van der Waals surface area (Å²) in [5, 5.41) is 0.767. The third kappa shape index (κ3) is 4.34.